The minimum Gasteiger partial charge on any atom is -0.454 e. The van der Waals surface area contributed by atoms with Crippen LogP contribution in [0.2, 0.25) is 0 Å². The number of hydrogen-bond acceptors (Lipinski definition) is 4. The van der Waals surface area contributed by atoms with Crippen molar-refractivity contribution in [3.05, 3.63) is 23.7 Å². The zero-order valence-electron chi connectivity index (χ0n) is 14.3. The molecule has 0 saturated carbocycles. The van der Waals surface area contributed by atoms with Gasteiger partial charge >= 0.3 is 0 Å². The van der Waals surface area contributed by atoms with Crippen LogP contribution in [0.25, 0.3) is 0 Å². The molecular formula is C15H27IN4O3. The standard InChI is InChI=1S/C15H26N4O3.HI/c1-15(2,3)12(21-5)9-19-14(17-4)18-8-10-6-7-11(22-10)13(16)20;/h6-7,12H,8-9H2,1-5H3,(H2,16,20)(H2,17,18,19);1H. The summed E-state index contributed by atoms with van der Waals surface area (Å²) in [6.45, 7) is 7.39. The first-order valence-corrected chi connectivity index (χ1v) is 7.13. The second-order valence-electron chi connectivity index (χ2n) is 6.03. The molecule has 0 bridgehead atoms. The van der Waals surface area contributed by atoms with Gasteiger partial charge in [-0.2, -0.15) is 0 Å². The van der Waals surface area contributed by atoms with Crippen molar-refractivity contribution in [2.24, 2.45) is 16.1 Å². The molecule has 0 aromatic carbocycles. The maximum atomic E-state index is 11.0. The first-order chi connectivity index (χ1) is 10.3. The Morgan fingerprint density at radius 2 is 2.04 bits per heavy atom. The first kappa shape index (κ1) is 21.7. The highest BCUT2D eigenvalue weighted by Crippen LogP contribution is 2.20. The van der Waals surface area contributed by atoms with Crippen LogP contribution in [0.5, 0.6) is 0 Å². The highest BCUT2D eigenvalue weighted by molar-refractivity contribution is 14.0. The Morgan fingerprint density at radius 1 is 1.39 bits per heavy atom. The normalized spacial score (nSPS) is 13.2. The van der Waals surface area contributed by atoms with Gasteiger partial charge in [-0.15, -0.1) is 24.0 Å². The molecule has 0 saturated heterocycles. The second kappa shape index (κ2) is 9.76. The number of nitrogens with two attached hydrogens (primary N) is 1. The predicted molar refractivity (Wildman–Crippen MR) is 101 cm³/mol. The molecular weight excluding hydrogens is 411 g/mol. The van der Waals surface area contributed by atoms with Crippen LogP contribution in [-0.4, -0.2) is 38.7 Å². The third-order valence-electron chi connectivity index (χ3n) is 3.26. The van der Waals surface area contributed by atoms with E-state index in [0.717, 1.165) is 0 Å². The number of guanidine groups is 1. The fourth-order valence-corrected chi connectivity index (χ4v) is 1.93. The maximum Gasteiger partial charge on any atom is 0.284 e. The molecule has 1 unspecified atom stereocenters. The van der Waals surface area contributed by atoms with Gasteiger partial charge in [0.15, 0.2) is 11.7 Å². The van der Waals surface area contributed by atoms with E-state index in [2.05, 4.69) is 36.4 Å². The lowest BCUT2D eigenvalue weighted by molar-refractivity contribution is 0.0205. The van der Waals surface area contributed by atoms with Gasteiger partial charge in [-0.1, -0.05) is 20.8 Å². The summed E-state index contributed by atoms with van der Waals surface area (Å²) in [4.78, 5) is 15.1. The number of amides is 1. The summed E-state index contributed by atoms with van der Waals surface area (Å²) >= 11 is 0. The van der Waals surface area contributed by atoms with Crippen molar-refractivity contribution in [2.75, 3.05) is 20.7 Å². The lowest BCUT2D eigenvalue weighted by Gasteiger charge is -2.30. The van der Waals surface area contributed by atoms with Crippen molar-refractivity contribution in [2.45, 2.75) is 33.4 Å². The summed E-state index contributed by atoms with van der Waals surface area (Å²) in [6, 6.07) is 3.25. The molecule has 0 spiro atoms. The van der Waals surface area contributed by atoms with Crippen LogP contribution in [0.3, 0.4) is 0 Å². The summed E-state index contributed by atoms with van der Waals surface area (Å²) in [5, 5.41) is 6.31. The number of carbonyl (C=O) groups excluding carboxylic acids is 1. The summed E-state index contributed by atoms with van der Waals surface area (Å²) in [5.41, 5.74) is 5.17. The molecule has 0 aliphatic heterocycles. The van der Waals surface area contributed by atoms with Crippen molar-refractivity contribution in [3.8, 4) is 0 Å². The molecule has 1 aromatic rings. The quantitative estimate of drug-likeness (QED) is 0.357. The minimum atomic E-state index is -0.582. The molecule has 0 aliphatic rings. The molecule has 4 N–H and O–H groups in total. The Bertz CT molecular complexity index is 523. The number of rotatable bonds is 6. The molecule has 8 heteroatoms. The maximum absolute atomic E-state index is 11.0. The van der Waals surface area contributed by atoms with Gasteiger partial charge in [-0.05, 0) is 17.5 Å². The summed E-state index contributed by atoms with van der Waals surface area (Å²) in [6.07, 6.45) is 0.0520. The van der Waals surface area contributed by atoms with Gasteiger partial charge < -0.3 is 25.5 Å². The molecule has 0 aliphatic carbocycles. The average Bonchev–Trinajstić information content (AvgIpc) is 2.90. The molecule has 0 radical (unpaired) electrons. The number of nitrogens with zero attached hydrogens (tertiary/aromatic N) is 1. The Labute approximate surface area is 154 Å². The van der Waals surface area contributed by atoms with Gasteiger partial charge in [0, 0.05) is 20.7 Å². The zero-order valence-corrected chi connectivity index (χ0v) is 16.6. The third-order valence-corrected chi connectivity index (χ3v) is 3.26. The minimum absolute atomic E-state index is 0. The van der Waals surface area contributed by atoms with Crippen LogP contribution >= 0.6 is 24.0 Å². The predicted octanol–water partition coefficient (Wildman–Crippen LogP) is 1.72. The van der Waals surface area contributed by atoms with Gasteiger partial charge in [0.25, 0.3) is 5.91 Å². The molecule has 1 amide bonds. The van der Waals surface area contributed by atoms with Crippen molar-refractivity contribution >= 4 is 35.8 Å². The Balaban J connectivity index is 0.00000484. The van der Waals surface area contributed by atoms with Crippen LogP contribution in [0.15, 0.2) is 21.5 Å². The van der Waals surface area contributed by atoms with Gasteiger partial charge in [0.05, 0.1) is 12.6 Å². The lowest BCUT2D eigenvalue weighted by atomic mass is 9.89. The van der Waals surface area contributed by atoms with Crippen molar-refractivity contribution < 1.29 is 13.9 Å². The van der Waals surface area contributed by atoms with Crippen molar-refractivity contribution in [1.29, 1.82) is 0 Å². The SMILES string of the molecule is CN=C(NCc1ccc(C(N)=O)o1)NCC(OC)C(C)(C)C.I. The molecule has 7 nitrogen and oxygen atoms in total. The van der Waals surface area contributed by atoms with Gasteiger partial charge in [-0.25, -0.2) is 0 Å². The Kier molecular flexibility index (Phi) is 9.21. The lowest BCUT2D eigenvalue weighted by Crippen LogP contribution is -2.45. The number of nitrogens with one attached hydrogen (secondary N) is 2. The van der Waals surface area contributed by atoms with Crippen LogP contribution in [0.1, 0.15) is 37.1 Å². The number of aliphatic imine (C=N–C) groups is 1. The van der Waals surface area contributed by atoms with Crippen molar-refractivity contribution in [3.63, 3.8) is 0 Å². The van der Waals surface area contributed by atoms with E-state index in [1.807, 2.05) is 0 Å². The van der Waals surface area contributed by atoms with Crippen LogP contribution in [-0.2, 0) is 11.3 Å². The number of halogens is 1. The van der Waals surface area contributed by atoms with Gasteiger partial charge in [-0.3, -0.25) is 9.79 Å². The molecule has 1 atom stereocenters. The molecule has 1 rings (SSSR count). The van der Waals surface area contributed by atoms with E-state index >= 15 is 0 Å². The van der Waals surface area contributed by atoms with E-state index in [1.54, 1.807) is 26.3 Å². The Morgan fingerprint density at radius 3 is 2.48 bits per heavy atom. The van der Waals surface area contributed by atoms with Crippen LogP contribution < -0.4 is 16.4 Å². The highest BCUT2D eigenvalue weighted by atomic mass is 127. The number of hydrogen-bond donors (Lipinski definition) is 3. The zero-order chi connectivity index (χ0) is 16.8. The smallest absolute Gasteiger partial charge is 0.284 e. The topological polar surface area (TPSA) is 102 Å². The Hall–Kier alpha value is -1.29. The third kappa shape index (κ3) is 7.21. The van der Waals surface area contributed by atoms with E-state index in [-0.39, 0.29) is 41.3 Å². The number of carbonyl (C=O) groups is 1. The summed E-state index contributed by atoms with van der Waals surface area (Å²) < 4.78 is 10.8. The van der Waals surface area contributed by atoms with E-state index < -0.39 is 5.91 Å². The summed E-state index contributed by atoms with van der Waals surface area (Å²) in [7, 11) is 3.38. The number of ether oxygens (including phenoxy) is 1. The number of methoxy groups -OCH3 is 1. The van der Waals surface area contributed by atoms with Gasteiger partial charge in [0.1, 0.15) is 5.76 Å². The van der Waals surface area contributed by atoms with Crippen LogP contribution in [0.4, 0.5) is 0 Å². The van der Waals surface area contributed by atoms with E-state index in [0.29, 0.717) is 24.8 Å². The van der Waals surface area contributed by atoms with E-state index in [4.69, 9.17) is 14.9 Å². The first-order valence-electron chi connectivity index (χ1n) is 7.13. The molecule has 0 fully saturated rings. The number of furan rings is 1. The highest BCUT2D eigenvalue weighted by Gasteiger charge is 2.24. The van der Waals surface area contributed by atoms with Crippen molar-refractivity contribution in [1.82, 2.24) is 10.6 Å². The fraction of sp³-hybridized carbons (Fsp3) is 0.600. The van der Waals surface area contributed by atoms with E-state index in [9.17, 15) is 4.79 Å². The fourth-order valence-electron chi connectivity index (χ4n) is 1.93. The second-order valence-corrected chi connectivity index (χ2v) is 6.03. The summed E-state index contributed by atoms with van der Waals surface area (Å²) in [5.74, 6) is 0.799. The van der Waals surface area contributed by atoms with E-state index in [1.165, 1.54) is 0 Å². The monoisotopic (exact) mass is 438 g/mol. The number of primary amides is 1. The average molecular weight is 438 g/mol. The van der Waals surface area contributed by atoms with Crippen LogP contribution in [0, 0.1) is 5.41 Å². The molecule has 1 heterocycles. The molecule has 132 valence electrons. The largest absolute Gasteiger partial charge is 0.454 e. The molecule has 1 aromatic heterocycles. The molecule has 23 heavy (non-hydrogen) atoms. The van der Waals surface area contributed by atoms with Gasteiger partial charge in [0.2, 0.25) is 0 Å².